The molecule has 5 rings (SSSR count). The molecule has 0 aliphatic carbocycles. The number of carbonyl (C=O) groups is 1. The van der Waals surface area contributed by atoms with Crippen LogP contribution in [-0.4, -0.2) is 10.5 Å². The standard InChI is InChI=1S/C32H22F3N3O3S/c1-20(21-9-4-2-5-10-21)37-29(39)26(19-36)31-38(24-13-6-3-7-14-24)30(40)28(42-31)18-25-15-16-27(41-25)22-11-8-12-23(17-22)32(33,34)35/h2-18,20H,1H3,(H,37,39)/b28-18+,31-26-. The van der Waals surface area contributed by atoms with Crippen molar-refractivity contribution in [3.8, 4) is 23.1 Å². The Morgan fingerprint density at radius 2 is 1.69 bits per heavy atom. The number of nitrogens with one attached hydrogen (secondary N) is 1. The molecule has 10 heteroatoms. The second-order valence-electron chi connectivity index (χ2n) is 9.27. The quantitative estimate of drug-likeness (QED) is 0.283. The van der Waals surface area contributed by atoms with Crippen molar-refractivity contribution < 1.29 is 22.4 Å². The predicted octanol–water partition coefficient (Wildman–Crippen LogP) is 5.56. The molecule has 0 radical (unpaired) electrons. The molecular formula is C32H22F3N3O3S. The largest absolute Gasteiger partial charge is 0.457 e. The molecule has 2 aromatic heterocycles. The Morgan fingerprint density at radius 3 is 2.36 bits per heavy atom. The number of hydrogen-bond donors (Lipinski definition) is 1. The van der Waals surface area contributed by atoms with Crippen LogP contribution in [0.3, 0.4) is 0 Å². The number of alkyl halides is 3. The summed E-state index contributed by atoms with van der Waals surface area (Å²) in [6, 6.07) is 27.2. The van der Waals surface area contributed by atoms with Gasteiger partial charge in [-0.2, -0.15) is 18.4 Å². The van der Waals surface area contributed by atoms with Crippen LogP contribution in [0.5, 0.6) is 0 Å². The van der Waals surface area contributed by atoms with E-state index in [1.807, 2.05) is 36.4 Å². The number of para-hydroxylation sites is 1. The van der Waals surface area contributed by atoms with E-state index in [2.05, 4.69) is 5.32 Å². The molecule has 0 saturated heterocycles. The van der Waals surface area contributed by atoms with Gasteiger partial charge in [-0.25, -0.2) is 0 Å². The number of hydrogen-bond acceptors (Lipinski definition) is 5. The Bertz CT molecular complexity index is 1970. The lowest BCUT2D eigenvalue weighted by Gasteiger charge is -2.13. The molecular weight excluding hydrogens is 563 g/mol. The lowest BCUT2D eigenvalue weighted by Crippen LogP contribution is -2.34. The van der Waals surface area contributed by atoms with E-state index in [-0.39, 0.29) is 31.9 Å². The number of aromatic nitrogens is 1. The lowest BCUT2D eigenvalue weighted by atomic mass is 10.1. The van der Waals surface area contributed by atoms with Gasteiger partial charge in [0.2, 0.25) is 0 Å². The van der Waals surface area contributed by atoms with Gasteiger partial charge in [0, 0.05) is 11.6 Å². The Kier molecular flexibility index (Phi) is 7.95. The first-order chi connectivity index (χ1) is 20.2. The number of thiazole rings is 1. The molecule has 3 aromatic carbocycles. The highest BCUT2D eigenvalue weighted by molar-refractivity contribution is 7.07. The number of rotatable bonds is 6. The normalized spacial score (nSPS) is 13.4. The molecule has 1 amide bonds. The Labute approximate surface area is 241 Å². The predicted molar refractivity (Wildman–Crippen MR) is 154 cm³/mol. The van der Waals surface area contributed by atoms with Crippen molar-refractivity contribution in [3.05, 3.63) is 133 Å². The molecule has 0 aliphatic heterocycles. The van der Waals surface area contributed by atoms with E-state index in [0.717, 1.165) is 29.0 Å². The molecule has 210 valence electrons. The summed E-state index contributed by atoms with van der Waals surface area (Å²) in [6.07, 6.45) is -3.07. The summed E-state index contributed by atoms with van der Waals surface area (Å²) < 4.78 is 46.9. The minimum absolute atomic E-state index is 0.127. The number of halogens is 3. The van der Waals surface area contributed by atoms with Crippen molar-refractivity contribution >= 4 is 28.9 Å². The summed E-state index contributed by atoms with van der Waals surface area (Å²) in [4.78, 5) is 26.9. The summed E-state index contributed by atoms with van der Waals surface area (Å²) in [7, 11) is 0. The minimum Gasteiger partial charge on any atom is -0.457 e. The third kappa shape index (κ3) is 5.96. The SMILES string of the molecule is CC(NC(=O)/C(C#N)=c1\s/c(=C/c2ccc(-c3cccc(C(F)(F)F)c3)o2)c(=O)n1-c1ccccc1)c1ccccc1. The first-order valence-electron chi connectivity index (χ1n) is 12.7. The first kappa shape index (κ1) is 28.4. The van der Waals surface area contributed by atoms with Crippen molar-refractivity contribution in [3.63, 3.8) is 0 Å². The third-order valence-corrected chi connectivity index (χ3v) is 7.50. The summed E-state index contributed by atoms with van der Waals surface area (Å²) in [5, 5.41) is 12.9. The van der Waals surface area contributed by atoms with Crippen LogP contribution in [-0.2, 0) is 11.0 Å². The zero-order chi connectivity index (χ0) is 29.9. The van der Waals surface area contributed by atoms with Gasteiger partial charge in [0.1, 0.15) is 22.3 Å². The van der Waals surface area contributed by atoms with Crippen molar-refractivity contribution in [2.45, 2.75) is 19.1 Å². The van der Waals surface area contributed by atoms with Gasteiger partial charge in [0.25, 0.3) is 11.5 Å². The van der Waals surface area contributed by atoms with Gasteiger partial charge in [0.15, 0.2) is 5.57 Å². The van der Waals surface area contributed by atoms with Gasteiger partial charge < -0.3 is 9.73 Å². The molecule has 2 heterocycles. The number of amides is 1. The molecule has 1 unspecified atom stereocenters. The van der Waals surface area contributed by atoms with Crippen molar-refractivity contribution in [1.29, 1.82) is 5.26 Å². The Morgan fingerprint density at radius 1 is 1.00 bits per heavy atom. The highest BCUT2D eigenvalue weighted by Crippen LogP contribution is 2.32. The molecule has 0 fully saturated rings. The van der Waals surface area contributed by atoms with Crippen LogP contribution in [0.2, 0.25) is 0 Å². The van der Waals surface area contributed by atoms with Crippen molar-refractivity contribution in [2.24, 2.45) is 0 Å². The van der Waals surface area contributed by atoms with Crippen LogP contribution in [0, 0.1) is 11.3 Å². The van der Waals surface area contributed by atoms with Gasteiger partial charge in [-0.1, -0.05) is 60.7 Å². The second-order valence-corrected chi connectivity index (χ2v) is 10.3. The number of nitrogens with zero attached hydrogens (tertiary/aromatic N) is 2. The van der Waals surface area contributed by atoms with Gasteiger partial charge in [-0.3, -0.25) is 14.2 Å². The van der Waals surface area contributed by atoms with Gasteiger partial charge in [-0.05, 0) is 48.9 Å². The second kappa shape index (κ2) is 11.8. The number of benzene rings is 3. The number of carbonyl (C=O) groups excluding carboxylic acids is 1. The fourth-order valence-electron chi connectivity index (χ4n) is 4.31. The number of nitriles is 1. The van der Waals surface area contributed by atoms with Gasteiger partial charge >= 0.3 is 6.18 Å². The summed E-state index contributed by atoms with van der Waals surface area (Å²) in [5.74, 6) is -0.240. The van der Waals surface area contributed by atoms with Crippen LogP contribution in [0.15, 0.2) is 106 Å². The van der Waals surface area contributed by atoms with Crippen LogP contribution in [0.25, 0.3) is 28.7 Å². The maximum absolute atomic E-state index is 13.6. The average molecular weight is 586 g/mol. The monoisotopic (exact) mass is 585 g/mol. The van der Waals surface area contributed by atoms with E-state index in [1.165, 1.54) is 34.9 Å². The van der Waals surface area contributed by atoms with Crippen LogP contribution in [0.1, 0.15) is 29.9 Å². The van der Waals surface area contributed by atoms with E-state index in [9.17, 15) is 28.0 Å². The van der Waals surface area contributed by atoms with Crippen LogP contribution < -0.4 is 20.1 Å². The molecule has 0 spiro atoms. The fourth-order valence-corrected chi connectivity index (χ4v) is 5.40. The maximum Gasteiger partial charge on any atom is 0.416 e. The van der Waals surface area contributed by atoms with Crippen LogP contribution in [0.4, 0.5) is 13.2 Å². The highest BCUT2D eigenvalue weighted by Gasteiger charge is 2.30. The summed E-state index contributed by atoms with van der Waals surface area (Å²) >= 11 is 0.936. The number of furan rings is 1. The summed E-state index contributed by atoms with van der Waals surface area (Å²) in [6.45, 7) is 1.79. The molecule has 0 bridgehead atoms. The molecule has 6 nitrogen and oxygen atoms in total. The molecule has 0 saturated carbocycles. The average Bonchev–Trinajstić information content (AvgIpc) is 3.58. The smallest absolute Gasteiger partial charge is 0.416 e. The van der Waals surface area contributed by atoms with Crippen molar-refractivity contribution in [1.82, 2.24) is 9.88 Å². The summed E-state index contributed by atoms with van der Waals surface area (Å²) in [5.41, 5.74) is -0.0212. The highest BCUT2D eigenvalue weighted by atomic mass is 32.1. The van der Waals surface area contributed by atoms with Crippen LogP contribution >= 0.6 is 11.3 Å². The first-order valence-corrected chi connectivity index (χ1v) is 13.5. The maximum atomic E-state index is 13.6. The van der Waals surface area contributed by atoms with Gasteiger partial charge in [-0.15, -0.1) is 11.3 Å². The van der Waals surface area contributed by atoms with E-state index in [1.54, 1.807) is 37.3 Å². The molecule has 0 aliphatic rings. The third-order valence-electron chi connectivity index (χ3n) is 6.41. The Balaban J connectivity index is 1.60. The zero-order valence-electron chi connectivity index (χ0n) is 22.1. The minimum atomic E-state index is -4.51. The Hall–Kier alpha value is -5.14. The molecule has 1 atom stereocenters. The zero-order valence-corrected chi connectivity index (χ0v) is 22.9. The lowest BCUT2D eigenvalue weighted by molar-refractivity contribution is -0.137. The van der Waals surface area contributed by atoms with E-state index < -0.39 is 29.2 Å². The van der Waals surface area contributed by atoms with E-state index >= 15 is 0 Å². The molecule has 5 aromatic rings. The fraction of sp³-hybridized carbons (Fsp3) is 0.0938. The molecule has 42 heavy (non-hydrogen) atoms. The van der Waals surface area contributed by atoms with E-state index in [4.69, 9.17) is 4.42 Å². The molecule has 1 N–H and O–H groups in total. The van der Waals surface area contributed by atoms with Crippen molar-refractivity contribution in [2.75, 3.05) is 0 Å². The topological polar surface area (TPSA) is 88.0 Å². The van der Waals surface area contributed by atoms with E-state index in [0.29, 0.717) is 5.69 Å². The van der Waals surface area contributed by atoms with Gasteiger partial charge in [0.05, 0.1) is 21.8 Å².